The Kier molecular flexibility index (Phi) is 8.27. The Balaban J connectivity index is 1.69. The summed E-state index contributed by atoms with van der Waals surface area (Å²) in [5.41, 5.74) is 7.04. The summed E-state index contributed by atoms with van der Waals surface area (Å²) in [5.74, 6) is -0.0152. The summed E-state index contributed by atoms with van der Waals surface area (Å²) in [7, 11) is 0. The Morgan fingerprint density at radius 1 is 0.947 bits per heavy atom. The molecule has 0 amide bonds. The number of rotatable bonds is 10. The first-order chi connectivity index (χ1) is 18.0. The lowest BCUT2D eigenvalue weighted by molar-refractivity contribution is 0.0690. The molecular formula is C33H42N2O3. The molecule has 0 saturated carbocycles. The molecule has 4 rings (SSSR count). The number of aromatic carboxylic acids is 1. The van der Waals surface area contributed by atoms with Gasteiger partial charge in [-0.2, -0.15) is 0 Å². The third-order valence-corrected chi connectivity index (χ3v) is 7.78. The molecule has 1 aromatic heterocycles. The van der Waals surface area contributed by atoms with Gasteiger partial charge in [0.2, 0.25) is 0 Å². The SMILES string of the molecule is CC(C)NCCCCOc1cc(-c2cccc(-c3ccc(C(=O)O)nc3)c2)cc2c1C(C)(C)CCC2(C)C. The topological polar surface area (TPSA) is 71.5 Å². The van der Waals surface area contributed by atoms with Crippen molar-refractivity contribution in [2.75, 3.05) is 13.2 Å². The summed E-state index contributed by atoms with van der Waals surface area (Å²) in [6, 6.07) is 16.8. The van der Waals surface area contributed by atoms with Crippen LogP contribution in [0.15, 0.2) is 54.7 Å². The Morgan fingerprint density at radius 3 is 2.32 bits per heavy atom. The third kappa shape index (κ3) is 6.27. The summed E-state index contributed by atoms with van der Waals surface area (Å²) >= 11 is 0. The Labute approximate surface area is 227 Å². The van der Waals surface area contributed by atoms with Crippen molar-refractivity contribution in [3.63, 3.8) is 0 Å². The highest BCUT2D eigenvalue weighted by molar-refractivity contribution is 5.86. The summed E-state index contributed by atoms with van der Waals surface area (Å²) in [6.45, 7) is 15.4. The van der Waals surface area contributed by atoms with Crippen LogP contribution in [0.1, 0.15) is 88.8 Å². The number of hydrogen-bond donors (Lipinski definition) is 2. The van der Waals surface area contributed by atoms with E-state index in [0.29, 0.717) is 12.6 Å². The van der Waals surface area contributed by atoms with Gasteiger partial charge in [0.15, 0.2) is 0 Å². The van der Waals surface area contributed by atoms with Gasteiger partial charge in [-0.1, -0.05) is 71.9 Å². The molecule has 1 heterocycles. The van der Waals surface area contributed by atoms with Crippen LogP contribution in [0.2, 0.25) is 0 Å². The van der Waals surface area contributed by atoms with Crippen molar-refractivity contribution in [2.24, 2.45) is 0 Å². The number of hydrogen-bond acceptors (Lipinski definition) is 4. The van der Waals surface area contributed by atoms with Crippen LogP contribution in [-0.2, 0) is 10.8 Å². The lowest BCUT2D eigenvalue weighted by atomic mass is 9.62. The van der Waals surface area contributed by atoms with Crippen LogP contribution in [0.3, 0.4) is 0 Å². The van der Waals surface area contributed by atoms with Crippen molar-refractivity contribution in [3.8, 4) is 28.0 Å². The monoisotopic (exact) mass is 514 g/mol. The largest absolute Gasteiger partial charge is 0.493 e. The minimum Gasteiger partial charge on any atom is -0.493 e. The molecule has 0 atom stereocenters. The van der Waals surface area contributed by atoms with E-state index in [1.807, 2.05) is 18.2 Å². The number of nitrogens with zero attached hydrogens (tertiary/aromatic N) is 1. The van der Waals surface area contributed by atoms with E-state index in [1.165, 1.54) is 11.1 Å². The molecule has 5 nitrogen and oxygen atoms in total. The van der Waals surface area contributed by atoms with E-state index in [0.717, 1.165) is 60.2 Å². The van der Waals surface area contributed by atoms with E-state index >= 15 is 0 Å². The number of carbonyl (C=O) groups is 1. The highest BCUT2D eigenvalue weighted by atomic mass is 16.5. The average Bonchev–Trinajstić information content (AvgIpc) is 2.88. The molecule has 0 fully saturated rings. The van der Waals surface area contributed by atoms with Gasteiger partial charge in [0, 0.05) is 23.4 Å². The molecule has 3 aromatic rings. The molecule has 0 bridgehead atoms. The zero-order chi connectivity index (χ0) is 27.5. The van der Waals surface area contributed by atoms with Crippen molar-refractivity contribution < 1.29 is 14.6 Å². The fraction of sp³-hybridized carbons (Fsp3) is 0.455. The predicted molar refractivity (Wildman–Crippen MR) is 155 cm³/mol. The summed E-state index contributed by atoms with van der Waals surface area (Å²) in [5, 5.41) is 12.7. The number of benzene rings is 2. The maximum atomic E-state index is 11.2. The summed E-state index contributed by atoms with van der Waals surface area (Å²) in [6.07, 6.45) is 6.00. The second-order valence-electron chi connectivity index (χ2n) is 12.1. The maximum Gasteiger partial charge on any atom is 0.354 e. The Morgan fingerprint density at radius 2 is 1.66 bits per heavy atom. The van der Waals surface area contributed by atoms with Gasteiger partial charge in [-0.15, -0.1) is 0 Å². The fourth-order valence-corrected chi connectivity index (χ4v) is 5.38. The molecule has 202 valence electrons. The highest BCUT2D eigenvalue weighted by Gasteiger charge is 2.39. The normalized spacial score (nSPS) is 15.8. The van der Waals surface area contributed by atoms with Crippen LogP contribution in [0, 0.1) is 0 Å². The van der Waals surface area contributed by atoms with Crippen molar-refractivity contribution in [1.29, 1.82) is 0 Å². The van der Waals surface area contributed by atoms with Gasteiger partial charge < -0.3 is 15.2 Å². The molecule has 0 aliphatic heterocycles. The zero-order valence-corrected chi connectivity index (χ0v) is 23.7. The van der Waals surface area contributed by atoms with Crippen LogP contribution in [0.4, 0.5) is 0 Å². The van der Waals surface area contributed by atoms with Crippen LogP contribution >= 0.6 is 0 Å². The van der Waals surface area contributed by atoms with E-state index < -0.39 is 5.97 Å². The molecule has 0 radical (unpaired) electrons. The molecule has 0 spiro atoms. The van der Waals surface area contributed by atoms with Crippen LogP contribution in [-0.4, -0.2) is 35.3 Å². The number of unbranched alkanes of at least 4 members (excludes halogenated alkanes) is 1. The highest BCUT2D eigenvalue weighted by Crippen LogP contribution is 2.51. The van der Waals surface area contributed by atoms with Crippen molar-refractivity contribution in [3.05, 3.63) is 71.5 Å². The van der Waals surface area contributed by atoms with Crippen LogP contribution in [0.25, 0.3) is 22.3 Å². The van der Waals surface area contributed by atoms with Gasteiger partial charge in [0.1, 0.15) is 11.4 Å². The molecule has 2 N–H and O–H groups in total. The smallest absolute Gasteiger partial charge is 0.354 e. The van der Waals surface area contributed by atoms with Gasteiger partial charge in [-0.05, 0) is 83.5 Å². The Hall–Kier alpha value is -3.18. The first-order valence-corrected chi connectivity index (χ1v) is 13.8. The van der Waals surface area contributed by atoms with E-state index in [-0.39, 0.29) is 16.5 Å². The average molecular weight is 515 g/mol. The first kappa shape index (κ1) is 27.8. The standard InChI is InChI=1S/C33H42N2O3/c1-22(2)34-16-7-8-17-38-29-20-26(19-27-30(29)33(5,6)15-14-32(27,3)4)24-11-9-10-23(18-24)25-12-13-28(31(36)37)35-21-25/h9-13,18-22,34H,7-8,14-17H2,1-6H3,(H,36,37). The fourth-order valence-electron chi connectivity index (χ4n) is 5.38. The number of nitrogens with one attached hydrogen (secondary N) is 1. The summed E-state index contributed by atoms with van der Waals surface area (Å²) in [4.78, 5) is 15.3. The molecule has 1 aliphatic rings. The van der Waals surface area contributed by atoms with Gasteiger partial charge in [-0.25, -0.2) is 9.78 Å². The second-order valence-corrected chi connectivity index (χ2v) is 12.1. The zero-order valence-electron chi connectivity index (χ0n) is 23.7. The minimum atomic E-state index is -1.02. The van der Waals surface area contributed by atoms with E-state index in [1.54, 1.807) is 12.3 Å². The molecular weight excluding hydrogens is 472 g/mol. The van der Waals surface area contributed by atoms with Gasteiger partial charge in [0.05, 0.1) is 6.61 Å². The number of pyridine rings is 1. The van der Waals surface area contributed by atoms with E-state index in [2.05, 4.69) is 76.1 Å². The molecule has 2 aromatic carbocycles. The lowest BCUT2D eigenvalue weighted by Gasteiger charge is -2.43. The molecule has 1 aliphatic carbocycles. The van der Waals surface area contributed by atoms with Crippen LogP contribution < -0.4 is 10.1 Å². The van der Waals surface area contributed by atoms with Gasteiger partial charge in [-0.3, -0.25) is 0 Å². The number of fused-ring (bicyclic) bond motifs is 1. The minimum absolute atomic E-state index is 0.0474. The first-order valence-electron chi connectivity index (χ1n) is 13.8. The molecule has 38 heavy (non-hydrogen) atoms. The number of carboxylic acid groups (broad SMARTS) is 1. The van der Waals surface area contributed by atoms with Gasteiger partial charge in [0.25, 0.3) is 0 Å². The van der Waals surface area contributed by atoms with Crippen molar-refractivity contribution in [2.45, 2.75) is 84.1 Å². The van der Waals surface area contributed by atoms with Crippen molar-refractivity contribution >= 4 is 5.97 Å². The van der Waals surface area contributed by atoms with E-state index in [9.17, 15) is 9.90 Å². The third-order valence-electron chi connectivity index (χ3n) is 7.78. The van der Waals surface area contributed by atoms with Crippen LogP contribution in [0.5, 0.6) is 5.75 Å². The Bertz CT molecular complexity index is 1280. The van der Waals surface area contributed by atoms with Gasteiger partial charge >= 0.3 is 5.97 Å². The molecule has 0 saturated heterocycles. The number of carboxylic acids is 1. The second kappa shape index (κ2) is 11.3. The predicted octanol–water partition coefficient (Wildman–Crippen LogP) is 7.62. The summed E-state index contributed by atoms with van der Waals surface area (Å²) < 4.78 is 6.56. The van der Waals surface area contributed by atoms with E-state index in [4.69, 9.17) is 4.74 Å². The maximum absolute atomic E-state index is 11.2. The lowest BCUT2D eigenvalue weighted by Crippen LogP contribution is -2.34. The molecule has 0 unspecified atom stereocenters. The quantitative estimate of drug-likeness (QED) is 0.272. The van der Waals surface area contributed by atoms with Crippen molar-refractivity contribution in [1.82, 2.24) is 10.3 Å². The number of aromatic nitrogens is 1. The molecule has 5 heteroatoms. The number of ether oxygens (including phenoxy) is 1.